The Morgan fingerprint density at radius 3 is 2.59 bits per heavy atom. The minimum atomic E-state index is -0.649. The number of hydrogen-bond donors (Lipinski definition) is 1. The summed E-state index contributed by atoms with van der Waals surface area (Å²) in [4.78, 5) is 2.08. The Balaban J connectivity index is 3.07. The Morgan fingerprint density at radius 2 is 2.06 bits per heavy atom. The fraction of sp³-hybridized carbons (Fsp3) is 0.571. The molecule has 1 aromatic carbocycles. The first-order chi connectivity index (χ1) is 7.97. The van der Waals surface area contributed by atoms with Crippen molar-refractivity contribution >= 4 is 5.69 Å². The summed E-state index contributed by atoms with van der Waals surface area (Å²) in [6, 6.07) is 3.25. The Morgan fingerprint density at radius 1 is 1.41 bits per heavy atom. The van der Waals surface area contributed by atoms with Crippen LogP contribution in [0.4, 0.5) is 10.1 Å². The van der Waals surface area contributed by atoms with Gasteiger partial charge in [-0.15, -0.1) is 0 Å². The maximum Gasteiger partial charge on any atom is 0.126 e. The maximum absolute atomic E-state index is 13.5. The van der Waals surface area contributed by atoms with Gasteiger partial charge in [-0.25, -0.2) is 4.39 Å². The molecule has 0 aromatic heterocycles. The molecule has 0 saturated heterocycles. The molecular formula is C14H22FNO. The van der Waals surface area contributed by atoms with Crippen LogP contribution in [0.3, 0.4) is 0 Å². The van der Waals surface area contributed by atoms with E-state index in [-0.39, 0.29) is 5.82 Å². The molecule has 1 rings (SSSR count). The first-order valence-electron chi connectivity index (χ1n) is 6.16. The maximum atomic E-state index is 13.5. The Kier molecular flexibility index (Phi) is 4.94. The van der Waals surface area contributed by atoms with Gasteiger partial charge in [0.2, 0.25) is 0 Å². The van der Waals surface area contributed by atoms with Crippen molar-refractivity contribution in [3.63, 3.8) is 0 Å². The van der Waals surface area contributed by atoms with Crippen molar-refractivity contribution in [3.8, 4) is 0 Å². The van der Waals surface area contributed by atoms with E-state index in [2.05, 4.69) is 11.8 Å². The van der Waals surface area contributed by atoms with Crippen molar-refractivity contribution < 1.29 is 9.50 Å². The number of aryl methyl sites for hydroxylation is 1. The molecule has 0 aliphatic heterocycles. The van der Waals surface area contributed by atoms with Gasteiger partial charge in [-0.05, 0) is 38.0 Å². The SMILES string of the molecule is CCCCN(C)c1cc(C)c(F)cc1[C@H](C)O. The molecular weight excluding hydrogens is 217 g/mol. The van der Waals surface area contributed by atoms with Gasteiger partial charge >= 0.3 is 0 Å². The quantitative estimate of drug-likeness (QED) is 0.851. The lowest BCUT2D eigenvalue weighted by atomic mass is 10.0. The molecule has 0 spiro atoms. The van der Waals surface area contributed by atoms with Crippen LogP contribution in [0.25, 0.3) is 0 Å². The number of rotatable bonds is 5. The van der Waals surface area contributed by atoms with Crippen LogP contribution in [0.15, 0.2) is 12.1 Å². The van der Waals surface area contributed by atoms with Crippen molar-refractivity contribution in [2.24, 2.45) is 0 Å². The fourth-order valence-electron chi connectivity index (χ4n) is 1.86. The normalized spacial score (nSPS) is 12.6. The molecule has 0 aliphatic carbocycles. The first kappa shape index (κ1) is 14.0. The number of unbranched alkanes of at least 4 members (excludes halogenated alkanes) is 1. The van der Waals surface area contributed by atoms with Gasteiger partial charge in [0.15, 0.2) is 0 Å². The zero-order valence-corrected chi connectivity index (χ0v) is 11.1. The lowest BCUT2D eigenvalue weighted by Crippen LogP contribution is -2.20. The van der Waals surface area contributed by atoms with Gasteiger partial charge in [0.25, 0.3) is 0 Å². The third-order valence-electron chi connectivity index (χ3n) is 3.02. The molecule has 3 heteroatoms. The van der Waals surface area contributed by atoms with Crippen LogP contribution >= 0.6 is 0 Å². The lowest BCUT2D eigenvalue weighted by molar-refractivity contribution is 0.199. The molecule has 0 radical (unpaired) electrons. The van der Waals surface area contributed by atoms with Gasteiger partial charge in [-0.3, -0.25) is 0 Å². The molecule has 1 N–H and O–H groups in total. The summed E-state index contributed by atoms with van der Waals surface area (Å²) < 4.78 is 13.5. The zero-order chi connectivity index (χ0) is 13.0. The van der Waals surface area contributed by atoms with Gasteiger partial charge in [0.1, 0.15) is 5.82 Å². The third kappa shape index (κ3) is 3.43. The Labute approximate surface area is 103 Å². The predicted molar refractivity (Wildman–Crippen MR) is 69.9 cm³/mol. The smallest absolute Gasteiger partial charge is 0.126 e. The first-order valence-corrected chi connectivity index (χ1v) is 6.16. The van der Waals surface area contributed by atoms with E-state index < -0.39 is 6.10 Å². The molecule has 0 aliphatic rings. The highest BCUT2D eigenvalue weighted by Gasteiger charge is 2.14. The Hall–Kier alpha value is -1.09. The van der Waals surface area contributed by atoms with Gasteiger partial charge in [-0.2, -0.15) is 0 Å². The van der Waals surface area contributed by atoms with Crippen LogP contribution in [0.1, 0.15) is 43.9 Å². The zero-order valence-electron chi connectivity index (χ0n) is 11.1. The predicted octanol–water partition coefficient (Wildman–Crippen LogP) is 3.42. The number of aliphatic hydroxyl groups excluding tert-OH is 1. The lowest BCUT2D eigenvalue weighted by Gasteiger charge is -2.24. The summed E-state index contributed by atoms with van der Waals surface area (Å²) in [5.74, 6) is -0.256. The number of halogens is 1. The molecule has 1 aromatic rings. The second-order valence-electron chi connectivity index (χ2n) is 4.61. The van der Waals surface area contributed by atoms with Crippen LogP contribution < -0.4 is 4.90 Å². The van der Waals surface area contributed by atoms with Crippen LogP contribution in [0.2, 0.25) is 0 Å². The molecule has 0 saturated carbocycles. The van der Waals surface area contributed by atoms with E-state index in [9.17, 15) is 9.50 Å². The number of anilines is 1. The van der Waals surface area contributed by atoms with Crippen molar-refractivity contribution in [1.82, 2.24) is 0 Å². The minimum Gasteiger partial charge on any atom is -0.389 e. The van der Waals surface area contributed by atoms with E-state index in [1.165, 1.54) is 6.07 Å². The van der Waals surface area contributed by atoms with Gasteiger partial charge in [0, 0.05) is 24.8 Å². The largest absolute Gasteiger partial charge is 0.389 e. The molecule has 2 nitrogen and oxygen atoms in total. The van der Waals surface area contributed by atoms with E-state index in [4.69, 9.17) is 0 Å². The van der Waals surface area contributed by atoms with Crippen molar-refractivity contribution in [3.05, 3.63) is 29.1 Å². The van der Waals surface area contributed by atoms with Crippen molar-refractivity contribution in [1.29, 1.82) is 0 Å². The van der Waals surface area contributed by atoms with Gasteiger partial charge in [0.05, 0.1) is 6.10 Å². The van der Waals surface area contributed by atoms with E-state index in [0.29, 0.717) is 11.1 Å². The molecule has 96 valence electrons. The summed E-state index contributed by atoms with van der Waals surface area (Å²) >= 11 is 0. The third-order valence-corrected chi connectivity index (χ3v) is 3.02. The van der Waals surface area contributed by atoms with E-state index in [1.807, 2.05) is 13.1 Å². The minimum absolute atomic E-state index is 0.256. The summed E-state index contributed by atoms with van der Waals surface area (Å²) in [5, 5.41) is 9.70. The fourth-order valence-corrected chi connectivity index (χ4v) is 1.86. The second-order valence-corrected chi connectivity index (χ2v) is 4.61. The summed E-state index contributed by atoms with van der Waals surface area (Å²) in [7, 11) is 1.98. The van der Waals surface area contributed by atoms with Crippen LogP contribution in [-0.4, -0.2) is 18.7 Å². The molecule has 1 atom stereocenters. The van der Waals surface area contributed by atoms with Crippen LogP contribution in [-0.2, 0) is 0 Å². The summed E-state index contributed by atoms with van der Waals surface area (Å²) in [6.07, 6.45) is 1.56. The number of hydrogen-bond acceptors (Lipinski definition) is 2. The molecule has 0 bridgehead atoms. The van der Waals surface area contributed by atoms with Gasteiger partial charge in [-0.1, -0.05) is 13.3 Å². The van der Waals surface area contributed by atoms with Crippen molar-refractivity contribution in [2.75, 3.05) is 18.5 Å². The van der Waals surface area contributed by atoms with Gasteiger partial charge < -0.3 is 10.0 Å². The second kappa shape index (κ2) is 6.01. The molecule has 0 heterocycles. The summed E-state index contributed by atoms with van der Waals surface area (Å²) in [6.45, 7) is 6.47. The average molecular weight is 239 g/mol. The van der Waals surface area contributed by atoms with Crippen LogP contribution in [0.5, 0.6) is 0 Å². The van der Waals surface area contributed by atoms with Crippen molar-refractivity contribution in [2.45, 2.75) is 39.7 Å². The highest BCUT2D eigenvalue weighted by Crippen LogP contribution is 2.28. The monoisotopic (exact) mass is 239 g/mol. The summed E-state index contributed by atoms with van der Waals surface area (Å²) in [5.41, 5.74) is 2.20. The molecule has 0 unspecified atom stereocenters. The highest BCUT2D eigenvalue weighted by molar-refractivity contribution is 5.56. The standard InChI is InChI=1S/C14H22FNO/c1-5-6-7-16(4)14-8-10(2)13(15)9-12(14)11(3)17/h8-9,11,17H,5-7H2,1-4H3/t11-/m0/s1. The number of aliphatic hydroxyl groups is 1. The highest BCUT2D eigenvalue weighted by atomic mass is 19.1. The molecule has 0 fully saturated rings. The molecule has 0 amide bonds. The number of nitrogens with zero attached hydrogens (tertiary/aromatic N) is 1. The van der Waals surface area contributed by atoms with Crippen LogP contribution in [0, 0.1) is 12.7 Å². The average Bonchev–Trinajstić information content (AvgIpc) is 2.28. The Bertz CT molecular complexity index is 377. The molecule has 17 heavy (non-hydrogen) atoms. The topological polar surface area (TPSA) is 23.5 Å². The van der Waals surface area contributed by atoms with E-state index >= 15 is 0 Å². The van der Waals surface area contributed by atoms with E-state index in [0.717, 1.165) is 25.1 Å². The number of benzene rings is 1. The van der Waals surface area contributed by atoms with E-state index in [1.54, 1.807) is 13.8 Å².